The zero-order valence-corrected chi connectivity index (χ0v) is 9.82. The van der Waals surface area contributed by atoms with Gasteiger partial charge in [-0.25, -0.2) is 0 Å². The SMILES string of the molecule is C=CCN1C(=O)C(C)NC(=O)C1(C)C1CC1. The lowest BCUT2D eigenvalue weighted by Crippen LogP contribution is -2.69. The number of rotatable bonds is 3. The monoisotopic (exact) mass is 222 g/mol. The second-order valence-corrected chi connectivity index (χ2v) is 4.85. The van der Waals surface area contributed by atoms with Crippen LogP contribution in [0.25, 0.3) is 0 Å². The highest BCUT2D eigenvalue weighted by Crippen LogP contribution is 2.44. The molecular formula is C12H18N2O2. The van der Waals surface area contributed by atoms with Crippen LogP contribution >= 0.6 is 0 Å². The molecule has 0 bridgehead atoms. The molecule has 4 heteroatoms. The number of piperazine rings is 1. The zero-order chi connectivity index (χ0) is 11.9. The summed E-state index contributed by atoms with van der Waals surface area (Å²) < 4.78 is 0. The Morgan fingerprint density at radius 3 is 2.69 bits per heavy atom. The number of carbonyl (C=O) groups is 2. The number of carbonyl (C=O) groups excluding carboxylic acids is 2. The lowest BCUT2D eigenvalue weighted by atomic mass is 9.88. The van der Waals surface area contributed by atoms with E-state index in [4.69, 9.17) is 0 Å². The van der Waals surface area contributed by atoms with Crippen LogP contribution in [0.1, 0.15) is 26.7 Å². The van der Waals surface area contributed by atoms with Gasteiger partial charge in [-0.3, -0.25) is 9.59 Å². The Morgan fingerprint density at radius 1 is 1.56 bits per heavy atom. The summed E-state index contributed by atoms with van der Waals surface area (Å²) in [7, 11) is 0. The molecule has 0 aromatic rings. The molecule has 1 aliphatic heterocycles. The number of amides is 2. The molecule has 2 unspecified atom stereocenters. The van der Waals surface area contributed by atoms with Gasteiger partial charge in [-0.05, 0) is 32.6 Å². The molecule has 0 aromatic carbocycles. The molecule has 0 aromatic heterocycles. The molecule has 0 spiro atoms. The smallest absolute Gasteiger partial charge is 0.246 e. The van der Waals surface area contributed by atoms with Crippen LogP contribution in [0.2, 0.25) is 0 Å². The van der Waals surface area contributed by atoms with E-state index in [1.165, 1.54) is 0 Å². The Morgan fingerprint density at radius 2 is 2.19 bits per heavy atom. The van der Waals surface area contributed by atoms with Gasteiger partial charge in [-0.15, -0.1) is 6.58 Å². The van der Waals surface area contributed by atoms with Gasteiger partial charge in [-0.1, -0.05) is 6.08 Å². The fraction of sp³-hybridized carbons (Fsp3) is 0.667. The molecule has 1 aliphatic carbocycles. The summed E-state index contributed by atoms with van der Waals surface area (Å²) in [5, 5.41) is 2.76. The lowest BCUT2D eigenvalue weighted by Gasteiger charge is -2.45. The Labute approximate surface area is 95.7 Å². The van der Waals surface area contributed by atoms with E-state index in [1.54, 1.807) is 17.9 Å². The van der Waals surface area contributed by atoms with E-state index >= 15 is 0 Å². The van der Waals surface area contributed by atoms with Crippen LogP contribution in [0.4, 0.5) is 0 Å². The van der Waals surface area contributed by atoms with Crippen LogP contribution < -0.4 is 5.32 Å². The quantitative estimate of drug-likeness (QED) is 0.714. The minimum atomic E-state index is -0.669. The maximum Gasteiger partial charge on any atom is 0.246 e. The van der Waals surface area contributed by atoms with Crippen molar-refractivity contribution < 1.29 is 9.59 Å². The molecule has 0 radical (unpaired) electrons. The Bertz CT molecular complexity index is 349. The first kappa shape index (κ1) is 11.2. The second-order valence-electron chi connectivity index (χ2n) is 4.85. The number of nitrogens with one attached hydrogen (secondary N) is 1. The third-order valence-corrected chi connectivity index (χ3v) is 3.69. The van der Waals surface area contributed by atoms with Crippen LogP contribution in [0.15, 0.2) is 12.7 Å². The van der Waals surface area contributed by atoms with Gasteiger partial charge in [0.2, 0.25) is 11.8 Å². The van der Waals surface area contributed by atoms with Gasteiger partial charge in [-0.2, -0.15) is 0 Å². The normalized spacial score (nSPS) is 34.9. The largest absolute Gasteiger partial charge is 0.343 e. The van der Waals surface area contributed by atoms with E-state index in [0.29, 0.717) is 12.5 Å². The minimum absolute atomic E-state index is 0.00565. The Hall–Kier alpha value is -1.32. The van der Waals surface area contributed by atoms with Crippen molar-refractivity contribution in [1.82, 2.24) is 10.2 Å². The maximum atomic E-state index is 12.1. The minimum Gasteiger partial charge on any atom is -0.343 e. The maximum absolute atomic E-state index is 12.1. The van der Waals surface area contributed by atoms with Crippen LogP contribution in [-0.4, -0.2) is 34.8 Å². The van der Waals surface area contributed by atoms with Crippen molar-refractivity contribution in [3.63, 3.8) is 0 Å². The van der Waals surface area contributed by atoms with Crippen molar-refractivity contribution in [3.8, 4) is 0 Å². The number of hydrogen-bond donors (Lipinski definition) is 1. The molecule has 2 atom stereocenters. The fourth-order valence-corrected chi connectivity index (χ4v) is 2.45. The van der Waals surface area contributed by atoms with E-state index < -0.39 is 11.6 Å². The average Bonchev–Trinajstić information content (AvgIpc) is 3.05. The third kappa shape index (κ3) is 1.44. The molecule has 2 aliphatic rings. The van der Waals surface area contributed by atoms with Crippen molar-refractivity contribution in [2.75, 3.05) is 6.54 Å². The second kappa shape index (κ2) is 3.61. The Kier molecular flexibility index (Phi) is 2.52. The van der Waals surface area contributed by atoms with Gasteiger partial charge in [0.25, 0.3) is 0 Å². The van der Waals surface area contributed by atoms with Gasteiger partial charge in [0.1, 0.15) is 11.6 Å². The first-order valence-corrected chi connectivity index (χ1v) is 5.75. The zero-order valence-electron chi connectivity index (χ0n) is 9.82. The van der Waals surface area contributed by atoms with E-state index in [2.05, 4.69) is 11.9 Å². The van der Waals surface area contributed by atoms with Crippen molar-refractivity contribution in [3.05, 3.63) is 12.7 Å². The Balaban J connectivity index is 2.34. The highest BCUT2D eigenvalue weighted by atomic mass is 16.2. The van der Waals surface area contributed by atoms with E-state index in [-0.39, 0.29) is 11.8 Å². The molecule has 1 saturated carbocycles. The molecule has 1 heterocycles. The van der Waals surface area contributed by atoms with Crippen molar-refractivity contribution >= 4 is 11.8 Å². The fourth-order valence-electron chi connectivity index (χ4n) is 2.45. The molecule has 4 nitrogen and oxygen atoms in total. The molecule has 16 heavy (non-hydrogen) atoms. The van der Waals surface area contributed by atoms with Gasteiger partial charge < -0.3 is 10.2 Å². The van der Waals surface area contributed by atoms with Crippen LogP contribution in [0, 0.1) is 5.92 Å². The van der Waals surface area contributed by atoms with E-state index in [1.807, 2.05) is 6.92 Å². The molecule has 1 saturated heterocycles. The standard InChI is InChI=1S/C12H18N2O2/c1-4-7-14-10(15)8(2)13-11(16)12(14,3)9-5-6-9/h4,8-9H,1,5-7H2,2-3H3,(H,13,16). The lowest BCUT2D eigenvalue weighted by molar-refractivity contribution is -0.156. The summed E-state index contributed by atoms with van der Waals surface area (Å²) in [5.74, 6) is 0.279. The summed E-state index contributed by atoms with van der Waals surface area (Å²) in [6.45, 7) is 7.70. The number of hydrogen-bond acceptors (Lipinski definition) is 2. The van der Waals surface area contributed by atoms with Crippen LogP contribution in [0.5, 0.6) is 0 Å². The molecular weight excluding hydrogens is 204 g/mol. The molecule has 2 amide bonds. The first-order valence-electron chi connectivity index (χ1n) is 5.75. The number of nitrogens with zero attached hydrogens (tertiary/aromatic N) is 1. The van der Waals surface area contributed by atoms with E-state index in [9.17, 15) is 9.59 Å². The topological polar surface area (TPSA) is 49.4 Å². The van der Waals surface area contributed by atoms with E-state index in [0.717, 1.165) is 12.8 Å². The van der Waals surface area contributed by atoms with Gasteiger partial charge in [0.15, 0.2) is 0 Å². The van der Waals surface area contributed by atoms with Crippen molar-refractivity contribution in [2.24, 2.45) is 5.92 Å². The summed E-state index contributed by atoms with van der Waals surface area (Å²) in [6, 6.07) is -0.417. The summed E-state index contributed by atoms with van der Waals surface area (Å²) in [6.07, 6.45) is 3.74. The molecule has 2 fully saturated rings. The van der Waals surface area contributed by atoms with Gasteiger partial charge in [0, 0.05) is 6.54 Å². The molecule has 88 valence electrons. The summed E-state index contributed by atoms with van der Waals surface area (Å²) >= 11 is 0. The summed E-state index contributed by atoms with van der Waals surface area (Å²) in [5.41, 5.74) is -0.669. The van der Waals surface area contributed by atoms with Crippen molar-refractivity contribution in [2.45, 2.75) is 38.3 Å². The van der Waals surface area contributed by atoms with Gasteiger partial charge in [0.05, 0.1) is 0 Å². The van der Waals surface area contributed by atoms with Crippen molar-refractivity contribution in [1.29, 1.82) is 0 Å². The molecule has 2 rings (SSSR count). The summed E-state index contributed by atoms with van der Waals surface area (Å²) in [4.78, 5) is 25.9. The van der Waals surface area contributed by atoms with Crippen LogP contribution in [-0.2, 0) is 9.59 Å². The predicted molar refractivity (Wildman–Crippen MR) is 60.6 cm³/mol. The highest BCUT2D eigenvalue weighted by Gasteiger charge is 2.55. The molecule has 1 N–H and O–H groups in total. The highest BCUT2D eigenvalue weighted by molar-refractivity contribution is 5.99. The first-order chi connectivity index (χ1) is 7.51. The van der Waals surface area contributed by atoms with Gasteiger partial charge >= 0.3 is 0 Å². The third-order valence-electron chi connectivity index (χ3n) is 3.69. The van der Waals surface area contributed by atoms with Crippen LogP contribution in [0.3, 0.4) is 0 Å². The predicted octanol–water partition coefficient (Wildman–Crippen LogP) is 0.688. The average molecular weight is 222 g/mol.